The predicted molar refractivity (Wildman–Crippen MR) is 114 cm³/mol. The van der Waals surface area contributed by atoms with E-state index < -0.39 is 11.8 Å². The van der Waals surface area contributed by atoms with Crippen molar-refractivity contribution in [2.45, 2.75) is 58.0 Å². The van der Waals surface area contributed by atoms with Gasteiger partial charge in [-0.2, -0.15) is 5.10 Å². The molecule has 3 amide bonds. The molecule has 3 N–H and O–H groups in total. The maximum atomic E-state index is 12.1. The van der Waals surface area contributed by atoms with Gasteiger partial charge in [-0.3, -0.25) is 19.1 Å². The number of aromatic nitrogens is 2. The summed E-state index contributed by atoms with van der Waals surface area (Å²) in [6.45, 7) is 4.44. The number of hydrogen-bond donors (Lipinski definition) is 3. The minimum Gasteiger partial charge on any atom is -0.352 e. The molecule has 8 nitrogen and oxygen atoms in total. The molecular weight excluding hydrogens is 382 g/mol. The number of rotatable bonds is 7. The Morgan fingerprint density at radius 2 is 1.97 bits per heavy atom. The fourth-order valence-electron chi connectivity index (χ4n) is 3.61. The van der Waals surface area contributed by atoms with Crippen LogP contribution in [0.3, 0.4) is 0 Å². The van der Waals surface area contributed by atoms with Crippen molar-refractivity contribution in [3.63, 3.8) is 0 Å². The minimum absolute atomic E-state index is 0.0760. The van der Waals surface area contributed by atoms with Crippen molar-refractivity contribution in [3.05, 3.63) is 47.8 Å². The van der Waals surface area contributed by atoms with E-state index in [0.717, 1.165) is 36.8 Å². The minimum atomic E-state index is -0.763. The molecule has 3 rings (SSSR count). The molecule has 1 saturated carbocycles. The summed E-state index contributed by atoms with van der Waals surface area (Å²) in [6.07, 6.45) is 7.29. The van der Waals surface area contributed by atoms with Crippen LogP contribution < -0.4 is 16.0 Å². The Bertz CT molecular complexity index is 902. The summed E-state index contributed by atoms with van der Waals surface area (Å²) in [5.41, 5.74) is 2.63. The van der Waals surface area contributed by atoms with E-state index in [0.29, 0.717) is 12.2 Å². The Balaban J connectivity index is 1.43. The average molecular weight is 412 g/mol. The van der Waals surface area contributed by atoms with E-state index >= 15 is 0 Å². The molecule has 1 heterocycles. The predicted octanol–water partition coefficient (Wildman–Crippen LogP) is 2.11. The zero-order valence-corrected chi connectivity index (χ0v) is 17.5. The Hall–Kier alpha value is -3.16. The zero-order chi connectivity index (χ0) is 21.5. The largest absolute Gasteiger partial charge is 0.352 e. The maximum Gasteiger partial charge on any atom is 0.313 e. The second-order valence-corrected chi connectivity index (χ2v) is 7.95. The van der Waals surface area contributed by atoms with Gasteiger partial charge in [0.05, 0.1) is 11.9 Å². The van der Waals surface area contributed by atoms with Gasteiger partial charge in [0.15, 0.2) is 0 Å². The third-order valence-corrected chi connectivity index (χ3v) is 5.30. The van der Waals surface area contributed by atoms with Crippen LogP contribution in [0.5, 0.6) is 0 Å². The summed E-state index contributed by atoms with van der Waals surface area (Å²) in [7, 11) is 0. The first-order valence-corrected chi connectivity index (χ1v) is 10.4. The first kappa shape index (κ1) is 21.5. The van der Waals surface area contributed by atoms with Crippen molar-refractivity contribution in [3.8, 4) is 0 Å². The van der Waals surface area contributed by atoms with E-state index in [1.807, 2.05) is 32.0 Å². The van der Waals surface area contributed by atoms with Gasteiger partial charge in [0.25, 0.3) is 0 Å². The molecule has 0 aliphatic heterocycles. The van der Waals surface area contributed by atoms with Crippen LogP contribution in [0.4, 0.5) is 5.69 Å². The Morgan fingerprint density at radius 1 is 1.20 bits per heavy atom. The highest BCUT2D eigenvalue weighted by molar-refractivity contribution is 6.39. The van der Waals surface area contributed by atoms with Crippen LogP contribution in [-0.4, -0.2) is 40.1 Å². The van der Waals surface area contributed by atoms with Crippen molar-refractivity contribution in [2.24, 2.45) is 0 Å². The Labute approximate surface area is 176 Å². The maximum absolute atomic E-state index is 12.1. The number of hydrogen-bond acceptors (Lipinski definition) is 4. The summed E-state index contributed by atoms with van der Waals surface area (Å²) >= 11 is 0. The van der Waals surface area contributed by atoms with Crippen LogP contribution in [0, 0.1) is 6.92 Å². The van der Waals surface area contributed by atoms with E-state index in [2.05, 4.69) is 27.1 Å². The van der Waals surface area contributed by atoms with Gasteiger partial charge in [-0.05, 0) is 31.2 Å². The summed E-state index contributed by atoms with van der Waals surface area (Å²) in [4.78, 5) is 36.3. The van der Waals surface area contributed by atoms with E-state index in [4.69, 9.17) is 0 Å². The van der Waals surface area contributed by atoms with Gasteiger partial charge in [-0.1, -0.05) is 49.6 Å². The third kappa shape index (κ3) is 6.17. The van der Waals surface area contributed by atoms with Crippen LogP contribution in [0.1, 0.15) is 49.7 Å². The summed E-state index contributed by atoms with van der Waals surface area (Å²) in [5.74, 6) is -1.49. The molecule has 8 heteroatoms. The van der Waals surface area contributed by atoms with Gasteiger partial charge in [0, 0.05) is 18.8 Å². The van der Waals surface area contributed by atoms with Crippen molar-refractivity contribution in [1.82, 2.24) is 20.4 Å². The average Bonchev–Trinajstić information content (AvgIpc) is 3.37. The van der Waals surface area contributed by atoms with Crippen LogP contribution in [0.15, 0.2) is 36.7 Å². The molecule has 0 bridgehead atoms. The normalized spacial score (nSPS) is 14.9. The number of anilines is 1. The molecular formula is C22H29N5O3. The van der Waals surface area contributed by atoms with E-state index in [1.165, 1.54) is 17.1 Å². The highest BCUT2D eigenvalue weighted by Gasteiger charge is 2.18. The second-order valence-electron chi connectivity index (χ2n) is 7.95. The first-order valence-electron chi connectivity index (χ1n) is 10.4. The molecule has 0 saturated heterocycles. The molecule has 1 unspecified atom stereocenters. The topological polar surface area (TPSA) is 105 Å². The van der Waals surface area contributed by atoms with Crippen LogP contribution in [0.2, 0.25) is 0 Å². The number of carbonyl (C=O) groups is 3. The van der Waals surface area contributed by atoms with E-state index in [-0.39, 0.29) is 24.4 Å². The lowest BCUT2D eigenvalue weighted by Gasteiger charge is -2.13. The molecule has 0 radical (unpaired) electrons. The number of nitrogens with one attached hydrogen (secondary N) is 3. The van der Waals surface area contributed by atoms with Crippen molar-refractivity contribution in [1.29, 1.82) is 0 Å². The van der Waals surface area contributed by atoms with Crippen molar-refractivity contribution in [2.75, 3.05) is 11.9 Å². The van der Waals surface area contributed by atoms with Gasteiger partial charge in [0.2, 0.25) is 5.91 Å². The second kappa shape index (κ2) is 10.0. The zero-order valence-electron chi connectivity index (χ0n) is 17.5. The van der Waals surface area contributed by atoms with E-state index in [9.17, 15) is 14.4 Å². The highest BCUT2D eigenvalue weighted by atomic mass is 16.2. The first-order chi connectivity index (χ1) is 14.4. The van der Waals surface area contributed by atoms with Gasteiger partial charge in [-0.15, -0.1) is 0 Å². The standard InChI is InChI=1S/C22H29N5O3/c1-15-6-5-7-17(10-15)16(2)11-23-21(29)22(30)26-19-12-24-27(13-19)14-20(28)25-18-8-3-4-9-18/h5-7,10,12-13,16,18H,3-4,8-9,11,14H2,1-2H3,(H,23,29)(H,25,28)(H,26,30). The van der Waals surface area contributed by atoms with Crippen molar-refractivity contribution >= 4 is 23.4 Å². The monoisotopic (exact) mass is 411 g/mol. The molecule has 1 aliphatic carbocycles. The lowest BCUT2D eigenvalue weighted by molar-refractivity contribution is -0.136. The van der Waals surface area contributed by atoms with Gasteiger partial charge in [-0.25, -0.2) is 0 Å². The Kier molecular flexibility index (Phi) is 7.21. The fourth-order valence-corrected chi connectivity index (χ4v) is 3.61. The van der Waals surface area contributed by atoms with Gasteiger partial charge < -0.3 is 16.0 Å². The molecule has 1 aliphatic rings. The summed E-state index contributed by atoms with van der Waals surface area (Å²) < 4.78 is 1.44. The smallest absolute Gasteiger partial charge is 0.313 e. The Morgan fingerprint density at radius 3 is 2.70 bits per heavy atom. The molecule has 1 atom stereocenters. The lowest BCUT2D eigenvalue weighted by Crippen LogP contribution is -2.37. The number of nitrogens with zero attached hydrogens (tertiary/aromatic N) is 2. The van der Waals surface area contributed by atoms with Crippen LogP contribution >= 0.6 is 0 Å². The molecule has 1 aromatic carbocycles. The quantitative estimate of drug-likeness (QED) is 0.607. The highest BCUT2D eigenvalue weighted by Crippen LogP contribution is 2.17. The number of aryl methyl sites for hydroxylation is 1. The summed E-state index contributed by atoms with van der Waals surface area (Å²) in [5, 5.41) is 12.2. The molecule has 1 fully saturated rings. The number of amides is 3. The number of carbonyl (C=O) groups excluding carboxylic acids is 3. The molecule has 30 heavy (non-hydrogen) atoms. The summed E-state index contributed by atoms with van der Waals surface area (Å²) in [6, 6.07) is 8.30. The number of benzene rings is 1. The fraction of sp³-hybridized carbons (Fsp3) is 0.455. The van der Waals surface area contributed by atoms with Crippen LogP contribution in [-0.2, 0) is 20.9 Å². The SMILES string of the molecule is Cc1cccc(C(C)CNC(=O)C(=O)Nc2cnn(CC(=O)NC3CCCC3)c2)c1. The molecule has 0 spiro atoms. The van der Waals surface area contributed by atoms with Crippen LogP contribution in [0.25, 0.3) is 0 Å². The molecule has 160 valence electrons. The van der Waals surface area contributed by atoms with Gasteiger partial charge in [0.1, 0.15) is 6.54 Å². The third-order valence-electron chi connectivity index (χ3n) is 5.30. The van der Waals surface area contributed by atoms with Gasteiger partial charge >= 0.3 is 11.8 Å². The lowest BCUT2D eigenvalue weighted by atomic mass is 9.99. The molecule has 2 aromatic rings. The molecule has 1 aromatic heterocycles. The van der Waals surface area contributed by atoms with Crippen molar-refractivity contribution < 1.29 is 14.4 Å². The van der Waals surface area contributed by atoms with E-state index in [1.54, 1.807) is 0 Å².